The van der Waals surface area contributed by atoms with Gasteiger partial charge in [-0.3, -0.25) is 0 Å². The standard InChI is InChI=1S/C38H29F12P2.C5H5.Fe/c1-21-8-22(2)11-30(10-21)51(31-12-23(3)9-24(4)13-31)20-25-6-5-7-34(25)52(32-16-26(35(39,40)41)14-27(17-32)36(42,43)44)33-18-28(37(45,46)47)15-29(19-33)38(48,49)50;1-2-4-5-3-1;/h5-19H,20H2,1-4H3;1-5H;. The van der Waals surface area contributed by atoms with Crippen molar-refractivity contribution in [3.8, 4) is 0 Å². The van der Waals surface area contributed by atoms with Gasteiger partial charge >= 0.3 is 319 Å². The molecule has 58 heavy (non-hydrogen) atoms. The molecule has 10 saturated heterocycles. The third-order valence-electron chi connectivity index (χ3n) is 22.5. The number of hydrogen-bond donors (Lipinski definition) is 0. The van der Waals surface area contributed by atoms with Crippen molar-refractivity contribution in [3.63, 3.8) is 0 Å². The second-order valence-corrected chi connectivity index (χ2v) is 49.3. The second-order valence-electron chi connectivity index (χ2n) is 21.0. The van der Waals surface area contributed by atoms with E-state index in [1.54, 1.807) is 0 Å². The van der Waals surface area contributed by atoms with Crippen molar-refractivity contribution < 1.29 is 59.2 Å². The van der Waals surface area contributed by atoms with E-state index >= 15 is 0 Å². The van der Waals surface area contributed by atoms with Gasteiger partial charge in [0.2, 0.25) is 0 Å². The zero-order valence-electron chi connectivity index (χ0n) is 31.0. The van der Waals surface area contributed by atoms with E-state index in [4.69, 9.17) is 0 Å². The van der Waals surface area contributed by atoms with Gasteiger partial charge in [-0.2, -0.15) is 0 Å². The van der Waals surface area contributed by atoms with Crippen molar-refractivity contribution in [1.82, 2.24) is 0 Å². The van der Waals surface area contributed by atoms with Crippen molar-refractivity contribution in [2.24, 2.45) is 0 Å². The molecule has 5 atom stereocenters. The van der Waals surface area contributed by atoms with Crippen LogP contribution in [0.4, 0.5) is 52.7 Å². The molecular formula is C43H34F12FeP2. The fraction of sp³-hybridized carbons (Fsp3) is 0.442. The number of benzene rings is 4. The molecule has 0 aliphatic carbocycles. The van der Waals surface area contributed by atoms with Crippen LogP contribution < -0.4 is 21.2 Å². The van der Waals surface area contributed by atoms with Crippen molar-refractivity contribution in [2.45, 2.75) is 99.3 Å². The van der Waals surface area contributed by atoms with E-state index in [1.807, 2.05) is 27.7 Å². The zero-order chi connectivity index (χ0) is 41.2. The van der Waals surface area contributed by atoms with Crippen LogP contribution >= 0.6 is 15.8 Å². The average Bonchev–Trinajstić information content (AvgIpc) is 4.04. The Morgan fingerprint density at radius 1 is 0.431 bits per heavy atom. The van der Waals surface area contributed by atoms with Crippen LogP contribution in [0, 0.1) is 27.7 Å². The molecule has 308 valence electrons. The van der Waals surface area contributed by atoms with E-state index in [1.165, 1.54) is 0 Å². The van der Waals surface area contributed by atoms with Crippen LogP contribution in [0.3, 0.4) is 0 Å². The molecule has 14 rings (SSSR count). The van der Waals surface area contributed by atoms with E-state index in [0.717, 1.165) is 32.9 Å². The van der Waals surface area contributed by atoms with Gasteiger partial charge in [0, 0.05) is 0 Å². The predicted octanol–water partition coefficient (Wildman–Crippen LogP) is 13.2. The molecular weight excluding hydrogens is 862 g/mol. The molecule has 10 aliphatic heterocycles. The number of rotatable bonds is 7. The molecule has 0 nitrogen and oxygen atoms in total. The molecule has 0 N–H and O–H groups in total. The van der Waals surface area contributed by atoms with Crippen LogP contribution in [0.5, 0.6) is 0 Å². The van der Waals surface area contributed by atoms with Crippen LogP contribution in [-0.4, -0.2) is 10.2 Å². The van der Waals surface area contributed by atoms with E-state index in [0.29, 0.717) is 64.1 Å². The summed E-state index contributed by atoms with van der Waals surface area (Å²) in [5.74, 6) is 0. The van der Waals surface area contributed by atoms with Crippen LogP contribution in [0.15, 0.2) is 72.8 Å². The molecule has 0 bridgehead atoms. The van der Waals surface area contributed by atoms with E-state index in [2.05, 4.69) is 36.4 Å². The normalized spacial score (nSPS) is 46.0. The van der Waals surface area contributed by atoms with E-state index in [-0.39, 0.29) is 27.6 Å². The van der Waals surface area contributed by atoms with Crippen LogP contribution in [0.1, 0.15) is 44.5 Å². The molecule has 15 heteroatoms. The second kappa shape index (κ2) is 6.27. The van der Waals surface area contributed by atoms with Gasteiger partial charge in [0.25, 0.3) is 0 Å². The summed E-state index contributed by atoms with van der Waals surface area (Å²) >= 11 is 0. The Balaban J connectivity index is 1.07. The molecule has 0 amide bonds. The SMILES string of the molecule is Cc1cc(C)cc(P(C[C]23[CH]4[CH]5[CH]6[C]2(P(c2cc(C(F)(F)F)cc(C(F)(F)F)c2)c2cc(C(F)(F)F)cc(C(F)(F)F)c2)[Fe]54632789[CH]3[CH]2[CH]7[CH]8[CH]39)c2cc(C)cc(C)c2)c1. The van der Waals surface area contributed by atoms with Crippen LogP contribution in [0.25, 0.3) is 0 Å². The van der Waals surface area contributed by atoms with Gasteiger partial charge in [0.15, 0.2) is 0 Å². The van der Waals surface area contributed by atoms with Crippen LogP contribution in [0.2, 0.25) is 42.8 Å². The molecule has 4 aromatic carbocycles. The summed E-state index contributed by atoms with van der Waals surface area (Å²) in [6, 6.07) is 15.3. The molecule has 4 aromatic rings. The first-order chi connectivity index (χ1) is 26.6. The van der Waals surface area contributed by atoms with Crippen molar-refractivity contribution >= 4 is 37.1 Å². The minimum absolute atomic E-state index is 0.0119. The maximum absolute atomic E-state index is 14.7. The molecule has 1 spiro atoms. The summed E-state index contributed by atoms with van der Waals surface area (Å²) in [7, 11) is -3.74. The van der Waals surface area contributed by atoms with Gasteiger partial charge in [-0.25, -0.2) is 0 Å². The Labute approximate surface area is 318 Å². The Bertz CT molecular complexity index is 2810. The van der Waals surface area contributed by atoms with Gasteiger partial charge in [0.1, 0.15) is 0 Å². The maximum atomic E-state index is 14.7. The van der Waals surface area contributed by atoms with Gasteiger partial charge in [-0.05, 0) is 0 Å². The first kappa shape index (κ1) is 35.1. The Morgan fingerprint density at radius 3 is 1.03 bits per heavy atom. The number of fused-ring (bicyclic) bond motifs is 10. The number of hydrogen-bond acceptors (Lipinski definition) is 0. The Morgan fingerprint density at radius 2 is 0.759 bits per heavy atom. The topological polar surface area (TPSA) is 0 Å². The molecule has 0 saturated carbocycles. The fourth-order valence-corrected chi connectivity index (χ4v) is 121. The van der Waals surface area contributed by atoms with Gasteiger partial charge in [0.05, 0.1) is 0 Å². The van der Waals surface area contributed by atoms with Gasteiger partial charge in [-0.15, -0.1) is 0 Å². The monoisotopic (exact) mass is 896 g/mol. The molecule has 10 fully saturated rings. The van der Waals surface area contributed by atoms with Crippen molar-refractivity contribution in [3.05, 3.63) is 117 Å². The minimum atomic E-state index is -5.26. The summed E-state index contributed by atoms with van der Waals surface area (Å²) in [4.78, 5) is 2.48. The Hall–Kier alpha value is -2.58. The zero-order valence-corrected chi connectivity index (χ0v) is 33.9. The average molecular weight is 897 g/mol. The summed E-state index contributed by atoms with van der Waals surface area (Å²) in [5.41, 5.74) is -2.27. The summed E-state index contributed by atoms with van der Waals surface area (Å²) in [5, 5.41) is 1.40. The van der Waals surface area contributed by atoms with Crippen molar-refractivity contribution in [1.29, 1.82) is 0 Å². The van der Waals surface area contributed by atoms with E-state index < -0.39 is 77.7 Å². The Kier molecular flexibility index (Phi) is 3.79. The third-order valence-corrected chi connectivity index (χ3v) is 75.7. The number of aryl methyl sites for hydroxylation is 4. The summed E-state index contributed by atoms with van der Waals surface area (Å²) < 4.78 is 175. The fourth-order valence-electron chi connectivity index (χ4n) is 23.4. The molecule has 0 aromatic heterocycles. The van der Waals surface area contributed by atoms with Crippen LogP contribution in [-0.2, 0) is 31.2 Å². The quantitative estimate of drug-likeness (QED) is 0.0985. The molecule has 10 heterocycles. The first-order valence-corrected chi connectivity index (χ1v) is 28.2. The van der Waals surface area contributed by atoms with E-state index in [9.17, 15) is 52.7 Å². The number of halogens is 12. The predicted molar refractivity (Wildman–Crippen MR) is 197 cm³/mol. The summed E-state index contributed by atoms with van der Waals surface area (Å²) in [6.07, 6.45) is -20.4. The number of alkyl halides is 12. The first-order valence-electron chi connectivity index (χ1n) is 19.1. The van der Waals surface area contributed by atoms with Gasteiger partial charge < -0.3 is 0 Å². The third kappa shape index (κ3) is 1.40. The molecule has 5 unspecified atom stereocenters. The molecule has 0 radical (unpaired) electrons. The summed E-state index contributed by atoms with van der Waals surface area (Å²) in [6.45, 7) is 2.72. The van der Waals surface area contributed by atoms with Crippen molar-refractivity contribution in [2.75, 3.05) is 6.16 Å². The van der Waals surface area contributed by atoms with Gasteiger partial charge in [-0.1, -0.05) is 0 Å². The molecule has 10 aliphatic rings.